The number of carboxylic acid groups (broad SMARTS) is 3. The second-order valence-corrected chi connectivity index (χ2v) is 7.00. The van der Waals surface area contributed by atoms with Gasteiger partial charge in [-0.25, -0.2) is 14.4 Å². The van der Waals surface area contributed by atoms with Gasteiger partial charge in [0.15, 0.2) is 0 Å². The molecule has 2 rings (SSSR count). The molecule has 33 heavy (non-hydrogen) atoms. The van der Waals surface area contributed by atoms with E-state index in [1.807, 2.05) is 0 Å². The molecule has 174 valence electrons. The smallest absolute Gasteiger partial charge is 0.395 e. The zero-order valence-electron chi connectivity index (χ0n) is 17.5. The number of aromatic carboxylic acids is 1. The van der Waals surface area contributed by atoms with Crippen molar-refractivity contribution in [1.82, 2.24) is 5.32 Å². The minimum absolute atomic E-state index is 0.0142. The highest BCUT2D eigenvalue weighted by molar-refractivity contribution is 6.39. The first-order valence-corrected chi connectivity index (χ1v) is 9.69. The number of anilines is 2. The Hall–Kier alpha value is -4.25. The van der Waals surface area contributed by atoms with Gasteiger partial charge < -0.3 is 25.7 Å². The molecule has 0 heterocycles. The Morgan fingerprint density at radius 3 is 2.18 bits per heavy atom. The van der Waals surface area contributed by atoms with Gasteiger partial charge >= 0.3 is 23.8 Å². The number of nitrogens with zero attached hydrogens (tertiary/aromatic N) is 1. The molecule has 5 N–H and O–H groups in total. The highest BCUT2D eigenvalue weighted by Gasteiger charge is 2.30. The number of rotatable bonds is 9. The summed E-state index contributed by atoms with van der Waals surface area (Å²) < 4.78 is 0. The average Bonchev–Trinajstić information content (AvgIpc) is 2.74. The molecule has 0 saturated heterocycles. The SMILES string of the molecule is CC(=O)NC(Cc1ccc(N(C(=O)C(=O)O)c2ccccc2C(=O)O)c(CCO)c1)C(=O)O. The molecule has 0 aromatic heterocycles. The first-order chi connectivity index (χ1) is 15.6. The molecule has 1 atom stereocenters. The van der Waals surface area contributed by atoms with Gasteiger partial charge in [-0.15, -0.1) is 0 Å². The maximum Gasteiger partial charge on any atom is 0.395 e. The van der Waals surface area contributed by atoms with Crippen LogP contribution < -0.4 is 10.2 Å². The number of aliphatic hydroxyl groups excluding tert-OH is 1. The second kappa shape index (κ2) is 10.9. The summed E-state index contributed by atoms with van der Waals surface area (Å²) in [6, 6.07) is 8.35. The van der Waals surface area contributed by atoms with Gasteiger partial charge in [-0.1, -0.05) is 24.3 Å². The summed E-state index contributed by atoms with van der Waals surface area (Å²) in [5.41, 5.74) is 0.211. The Morgan fingerprint density at radius 2 is 1.64 bits per heavy atom. The van der Waals surface area contributed by atoms with Crippen LogP contribution in [0.15, 0.2) is 42.5 Å². The molecular weight excluding hydrogens is 436 g/mol. The van der Waals surface area contributed by atoms with E-state index in [2.05, 4.69) is 5.32 Å². The van der Waals surface area contributed by atoms with Crippen molar-refractivity contribution in [1.29, 1.82) is 0 Å². The summed E-state index contributed by atoms with van der Waals surface area (Å²) in [6.45, 7) is 0.783. The van der Waals surface area contributed by atoms with Crippen molar-refractivity contribution < 1.29 is 44.4 Å². The molecule has 2 aromatic rings. The second-order valence-electron chi connectivity index (χ2n) is 7.00. The van der Waals surface area contributed by atoms with Crippen LogP contribution in [-0.4, -0.2) is 62.8 Å². The van der Waals surface area contributed by atoms with Crippen molar-refractivity contribution in [2.45, 2.75) is 25.8 Å². The molecule has 2 aromatic carbocycles. The lowest BCUT2D eigenvalue weighted by molar-refractivity contribution is -0.148. The molecule has 0 fully saturated rings. The van der Waals surface area contributed by atoms with E-state index in [1.165, 1.54) is 49.4 Å². The molecular formula is C22H22N2O9. The van der Waals surface area contributed by atoms with Crippen molar-refractivity contribution in [2.75, 3.05) is 11.5 Å². The van der Waals surface area contributed by atoms with Crippen LogP contribution in [0, 0.1) is 0 Å². The van der Waals surface area contributed by atoms with Crippen LogP contribution in [0.1, 0.15) is 28.4 Å². The first-order valence-electron chi connectivity index (χ1n) is 9.69. The summed E-state index contributed by atoms with van der Waals surface area (Å²) in [4.78, 5) is 59.3. The predicted molar refractivity (Wildman–Crippen MR) is 114 cm³/mol. The van der Waals surface area contributed by atoms with E-state index < -0.39 is 35.8 Å². The van der Waals surface area contributed by atoms with Gasteiger partial charge in [-0.3, -0.25) is 14.5 Å². The standard InChI is InChI=1S/C22H22N2O9/c1-12(26)23-16(21(30)31)11-13-6-7-17(14(10-13)8-9-25)24(19(27)22(32)33)18-5-3-2-4-15(18)20(28)29/h2-7,10,16,25H,8-9,11H2,1H3,(H,23,26)(H,28,29)(H,30,31)(H,32,33). The molecule has 11 heteroatoms. The Labute approximate surface area is 187 Å². The highest BCUT2D eigenvalue weighted by atomic mass is 16.4. The summed E-state index contributed by atoms with van der Waals surface area (Å²) >= 11 is 0. The lowest BCUT2D eigenvalue weighted by Gasteiger charge is -2.26. The zero-order valence-corrected chi connectivity index (χ0v) is 17.5. The number of amides is 2. The lowest BCUT2D eigenvalue weighted by Crippen LogP contribution is -2.41. The average molecular weight is 458 g/mol. The number of hydrogen-bond donors (Lipinski definition) is 5. The van der Waals surface area contributed by atoms with E-state index in [9.17, 15) is 44.4 Å². The summed E-state index contributed by atoms with van der Waals surface area (Å²) in [7, 11) is 0. The van der Waals surface area contributed by atoms with Crippen LogP contribution in [0.4, 0.5) is 11.4 Å². The van der Waals surface area contributed by atoms with Crippen molar-refractivity contribution in [3.8, 4) is 0 Å². The van der Waals surface area contributed by atoms with Gasteiger partial charge in [0.25, 0.3) is 0 Å². The van der Waals surface area contributed by atoms with Gasteiger partial charge in [0.05, 0.1) is 16.9 Å². The Morgan fingerprint density at radius 1 is 0.970 bits per heavy atom. The van der Waals surface area contributed by atoms with Crippen LogP contribution in [0.2, 0.25) is 0 Å². The third-order valence-corrected chi connectivity index (χ3v) is 4.64. The quantitative estimate of drug-likeness (QED) is 0.339. The van der Waals surface area contributed by atoms with Crippen molar-refractivity contribution in [3.05, 3.63) is 59.2 Å². The fraction of sp³-hybridized carbons (Fsp3) is 0.227. The molecule has 0 aliphatic rings. The Balaban J connectivity index is 2.63. The van der Waals surface area contributed by atoms with Crippen LogP contribution in [0.3, 0.4) is 0 Å². The monoisotopic (exact) mass is 458 g/mol. The summed E-state index contributed by atoms with van der Waals surface area (Å²) in [5, 5.41) is 40.0. The van der Waals surface area contributed by atoms with Gasteiger partial charge in [0, 0.05) is 20.0 Å². The highest BCUT2D eigenvalue weighted by Crippen LogP contribution is 2.33. The number of aliphatic carboxylic acids is 2. The van der Waals surface area contributed by atoms with Crippen molar-refractivity contribution in [3.63, 3.8) is 0 Å². The van der Waals surface area contributed by atoms with Crippen molar-refractivity contribution >= 4 is 41.1 Å². The van der Waals surface area contributed by atoms with E-state index in [4.69, 9.17) is 0 Å². The topological polar surface area (TPSA) is 182 Å². The number of carbonyl (C=O) groups excluding carboxylic acids is 2. The van der Waals surface area contributed by atoms with Gasteiger partial charge in [-0.2, -0.15) is 0 Å². The minimum atomic E-state index is -1.83. The number of para-hydroxylation sites is 1. The van der Waals surface area contributed by atoms with Gasteiger partial charge in [0.1, 0.15) is 6.04 Å². The van der Waals surface area contributed by atoms with E-state index >= 15 is 0 Å². The fourth-order valence-corrected chi connectivity index (χ4v) is 3.28. The number of benzene rings is 2. The number of carboxylic acids is 3. The summed E-state index contributed by atoms with van der Waals surface area (Å²) in [6.07, 6.45) is -0.161. The molecule has 0 bridgehead atoms. The largest absolute Gasteiger partial charge is 0.480 e. The Bertz CT molecular complexity index is 1100. The number of carbonyl (C=O) groups is 5. The molecule has 2 amide bonds. The molecule has 0 aliphatic carbocycles. The third-order valence-electron chi connectivity index (χ3n) is 4.64. The third kappa shape index (κ3) is 6.14. The van der Waals surface area contributed by atoms with Gasteiger partial charge in [0.2, 0.25) is 5.91 Å². The zero-order chi connectivity index (χ0) is 24.7. The van der Waals surface area contributed by atoms with Crippen LogP contribution in [0.5, 0.6) is 0 Å². The maximum absolute atomic E-state index is 12.6. The van der Waals surface area contributed by atoms with Gasteiger partial charge in [-0.05, 0) is 35.7 Å². The van der Waals surface area contributed by atoms with Crippen LogP contribution in [0.25, 0.3) is 0 Å². The maximum atomic E-state index is 12.6. The molecule has 0 radical (unpaired) electrons. The number of aliphatic hydroxyl groups is 1. The van der Waals surface area contributed by atoms with Crippen LogP contribution >= 0.6 is 0 Å². The predicted octanol–water partition coefficient (Wildman–Crippen LogP) is 0.801. The van der Waals surface area contributed by atoms with Crippen molar-refractivity contribution in [2.24, 2.45) is 0 Å². The Kier molecular flexibility index (Phi) is 8.24. The number of hydrogen-bond acceptors (Lipinski definition) is 6. The normalized spacial score (nSPS) is 11.3. The summed E-state index contributed by atoms with van der Waals surface area (Å²) in [5.74, 6) is -6.44. The van der Waals surface area contributed by atoms with Crippen LogP contribution in [-0.2, 0) is 32.0 Å². The molecule has 0 aliphatic heterocycles. The molecule has 0 saturated carbocycles. The molecule has 11 nitrogen and oxygen atoms in total. The fourth-order valence-electron chi connectivity index (χ4n) is 3.28. The van der Waals surface area contributed by atoms with E-state index in [1.54, 1.807) is 0 Å². The molecule has 1 unspecified atom stereocenters. The van der Waals surface area contributed by atoms with E-state index in [0.29, 0.717) is 5.56 Å². The van der Waals surface area contributed by atoms with E-state index in [0.717, 1.165) is 4.90 Å². The number of nitrogens with one attached hydrogen (secondary N) is 1. The van der Waals surface area contributed by atoms with E-state index in [-0.39, 0.29) is 42.0 Å². The first kappa shape index (κ1) is 25.0. The minimum Gasteiger partial charge on any atom is -0.480 e. The lowest BCUT2D eigenvalue weighted by atomic mass is 9.99. The molecule has 0 spiro atoms.